The zero-order chi connectivity index (χ0) is 15.4. The van der Waals surface area contributed by atoms with Crippen LogP contribution in [0.1, 0.15) is 24.0 Å². The van der Waals surface area contributed by atoms with E-state index in [-0.39, 0.29) is 0 Å². The molecule has 0 saturated carbocycles. The van der Waals surface area contributed by atoms with Gasteiger partial charge in [-0.3, -0.25) is 5.10 Å². The molecule has 1 saturated heterocycles. The SMILES string of the molecule is Cc1ccc(-c2[nH]ncc2CNCC2(O)CCOCC2)cc1. The van der Waals surface area contributed by atoms with Crippen LogP contribution in [0, 0.1) is 6.92 Å². The predicted octanol–water partition coefficient (Wildman–Crippen LogP) is 2.02. The second kappa shape index (κ2) is 6.60. The molecule has 1 aliphatic rings. The summed E-state index contributed by atoms with van der Waals surface area (Å²) in [4.78, 5) is 0. The van der Waals surface area contributed by atoms with E-state index in [2.05, 4.69) is 46.7 Å². The summed E-state index contributed by atoms with van der Waals surface area (Å²) in [5.74, 6) is 0. The van der Waals surface area contributed by atoms with Crippen LogP contribution in [0.25, 0.3) is 11.3 Å². The molecule has 1 aliphatic heterocycles. The van der Waals surface area contributed by atoms with Gasteiger partial charge in [-0.2, -0.15) is 5.10 Å². The number of ether oxygens (including phenoxy) is 1. The van der Waals surface area contributed by atoms with Crippen molar-refractivity contribution in [3.05, 3.63) is 41.6 Å². The molecule has 2 aromatic rings. The van der Waals surface area contributed by atoms with Gasteiger partial charge >= 0.3 is 0 Å². The second-order valence-corrected chi connectivity index (χ2v) is 6.08. The standard InChI is InChI=1S/C17H23N3O2/c1-13-2-4-14(5-3-13)16-15(11-19-20-16)10-18-12-17(21)6-8-22-9-7-17/h2-5,11,18,21H,6-10,12H2,1H3,(H,19,20). The third kappa shape index (κ3) is 3.55. The summed E-state index contributed by atoms with van der Waals surface area (Å²) in [7, 11) is 0. The van der Waals surface area contributed by atoms with E-state index in [9.17, 15) is 5.11 Å². The molecular formula is C17H23N3O2. The van der Waals surface area contributed by atoms with Crippen molar-refractivity contribution in [1.29, 1.82) is 0 Å². The normalized spacial score (nSPS) is 17.5. The number of aromatic nitrogens is 2. The van der Waals surface area contributed by atoms with Crippen molar-refractivity contribution < 1.29 is 9.84 Å². The number of aliphatic hydroxyl groups is 1. The van der Waals surface area contributed by atoms with Crippen molar-refractivity contribution in [2.75, 3.05) is 19.8 Å². The fraction of sp³-hybridized carbons (Fsp3) is 0.471. The highest BCUT2D eigenvalue weighted by atomic mass is 16.5. The molecule has 0 amide bonds. The Hall–Kier alpha value is -1.69. The van der Waals surface area contributed by atoms with Gasteiger partial charge in [0, 0.05) is 44.7 Å². The van der Waals surface area contributed by atoms with Crippen LogP contribution in [0.15, 0.2) is 30.5 Å². The van der Waals surface area contributed by atoms with Gasteiger partial charge in [-0.25, -0.2) is 0 Å². The van der Waals surface area contributed by atoms with Gasteiger partial charge in [-0.15, -0.1) is 0 Å². The minimum Gasteiger partial charge on any atom is -0.388 e. The Kier molecular flexibility index (Phi) is 4.57. The summed E-state index contributed by atoms with van der Waals surface area (Å²) < 4.78 is 5.30. The number of nitrogens with zero attached hydrogens (tertiary/aromatic N) is 1. The van der Waals surface area contributed by atoms with Crippen molar-refractivity contribution in [3.63, 3.8) is 0 Å². The van der Waals surface area contributed by atoms with Crippen LogP contribution >= 0.6 is 0 Å². The molecule has 1 aromatic heterocycles. The third-order valence-electron chi connectivity index (χ3n) is 4.25. The maximum absolute atomic E-state index is 10.5. The van der Waals surface area contributed by atoms with Gasteiger partial charge in [-0.05, 0) is 12.5 Å². The van der Waals surface area contributed by atoms with Gasteiger partial charge in [0.2, 0.25) is 0 Å². The zero-order valence-electron chi connectivity index (χ0n) is 12.9. The maximum atomic E-state index is 10.5. The lowest BCUT2D eigenvalue weighted by atomic mass is 9.94. The minimum absolute atomic E-state index is 0.578. The Labute approximate surface area is 130 Å². The summed E-state index contributed by atoms with van der Waals surface area (Å²) in [6, 6.07) is 8.38. The molecule has 3 rings (SSSR count). The molecule has 0 bridgehead atoms. The Balaban J connectivity index is 1.62. The molecule has 2 heterocycles. The average Bonchev–Trinajstić information content (AvgIpc) is 2.97. The van der Waals surface area contributed by atoms with Gasteiger partial charge in [0.1, 0.15) is 0 Å². The highest BCUT2D eigenvalue weighted by molar-refractivity contribution is 5.62. The lowest BCUT2D eigenvalue weighted by molar-refractivity contribution is -0.0616. The summed E-state index contributed by atoms with van der Waals surface area (Å²) in [6.45, 7) is 4.61. The van der Waals surface area contributed by atoms with Crippen LogP contribution in [-0.2, 0) is 11.3 Å². The predicted molar refractivity (Wildman–Crippen MR) is 85.5 cm³/mol. The quantitative estimate of drug-likeness (QED) is 0.790. The lowest BCUT2D eigenvalue weighted by Crippen LogP contribution is -2.44. The molecule has 1 aromatic carbocycles. The van der Waals surface area contributed by atoms with E-state index >= 15 is 0 Å². The van der Waals surface area contributed by atoms with Crippen molar-refractivity contribution >= 4 is 0 Å². The van der Waals surface area contributed by atoms with Crippen molar-refractivity contribution in [2.45, 2.75) is 31.9 Å². The number of hydrogen-bond donors (Lipinski definition) is 3. The van der Waals surface area contributed by atoms with E-state index < -0.39 is 5.60 Å². The van der Waals surface area contributed by atoms with Crippen LogP contribution in [0.4, 0.5) is 0 Å². The van der Waals surface area contributed by atoms with Crippen molar-refractivity contribution in [3.8, 4) is 11.3 Å². The number of aromatic amines is 1. The van der Waals surface area contributed by atoms with Crippen LogP contribution < -0.4 is 5.32 Å². The number of H-pyrrole nitrogens is 1. The molecule has 0 unspecified atom stereocenters. The molecular weight excluding hydrogens is 278 g/mol. The fourth-order valence-corrected chi connectivity index (χ4v) is 2.77. The van der Waals surface area contributed by atoms with Crippen LogP contribution in [0.5, 0.6) is 0 Å². The minimum atomic E-state index is -0.647. The highest BCUT2D eigenvalue weighted by Crippen LogP contribution is 2.22. The lowest BCUT2D eigenvalue weighted by Gasteiger charge is -2.32. The van der Waals surface area contributed by atoms with Gasteiger partial charge < -0.3 is 15.2 Å². The number of nitrogens with one attached hydrogen (secondary N) is 2. The number of aryl methyl sites for hydroxylation is 1. The molecule has 1 fully saturated rings. The Morgan fingerprint density at radius 1 is 1.27 bits per heavy atom. The van der Waals surface area contributed by atoms with E-state index in [0.717, 1.165) is 16.8 Å². The first kappa shape index (κ1) is 15.2. The molecule has 118 valence electrons. The third-order valence-corrected chi connectivity index (χ3v) is 4.25. The van der Waals surface area contributed by atoms with Crippen molar-refractivity contribution in [2.24, 2.45) is 0 Å². The maximum Gasteiger partial charge on any atom is 0.0815 e. The van der Waals surface area contributed by atoms with Gasteiger partial charge in [0.05, 0.1) is 17.5 Å². The molecule has 0 spiro atoms. The molecule has 3 N–H and O–H groups in total. The first-order chi connectivity index (χ1) is 10.7. The summed E-state index contributed by atoms with van der Waals surface area (Å²) in [5, 5.41) is 21.0. The summed E-state index contributed by atoms with van der Waals surface area (Å²) >= 11 is 0. The molecule has 22 heavy (non-hydrogen) atoms. The molecule has 5 nitrogen and oxygen atoms in total. The number of hydrogen-bond acceptors (Lipinski definition) is 4. The van der Waals surface area contributed by atoms with Gasteiger partial charge in [0.15, 0.2) is 0 Å². The van der Waals surface area contributed by atoms with Gasteiger partial charge in [0.25, 0.3) is 0 Å². The molecule has 5 heteroatoms. The van der Waals surface area contributed by atoms with Crippen molar-refractivity contribution in [1.82, 2.24) is 15.5 Å². The fourth-order valence-electron chi connectivity index (χ4n) is 2.77. The van der Waals surface area contributed by atoms with Crippen LogP contribution in [0.2, 0.25) is 0 Å². The Morgan fingerprint density at radius 2 is 2.00 bits per heavy atom. The first-order valence-electron chi connectivity index (χ1n) is 7.76. The Morgan fingerprint density at radius 3 is 2.73 bits per heavy atom. The topological polar surface area (TPSA) is 70.2 Å². The molecule has 0 radical (unpaired) electrons. The highest BCUT2D eigenvalue weighted by Gasteiger charge is 2.29. The van der Waals surface area contributed by atoms with E-state index in [1.807, 2.05) is 6.20 Å². The van der Waals surface area contributed by atoms with E-state index in [1.54, 1.807) is 0 Å². The smallest absolute Gasteiger partial charge is 0.0815 e. The van der Waals surface area contributed by atoms with Crippen LogP contribution in [0.3, 0.4) is 0 Å². The van der Waals surface area contributed by atoms with E-state index in [0.29, 0.717) is 39.1 Å². The van der Waals surface area contributed by atoms with E-state index in [4.69, 9.17) is 4.74 Å². The first-order valence-corrected chi connectivity index (χ1v) is 7.76. The van der Waals surface area contributed by atoms with E-state index in [1.165, 1.54) is 5.56 Å². The number of benzene rings is 1. The average molecular weight is 301 g/mol. The van der Waals surface area contributed by atoms with Gasteiger partial charge in [-0.1, -0.05) is 29.8 Å². The summed E-state index contributed by atoms with van der Waals surface area (Å²) in [6.07, 6.45) is 3.22. The molecule has 0 aliphatic carbocycles. The van der Waals surface area contributed by atoms with Crippen LogP contribution in [-0.4, -0.2) is 40.7 Å². The summed E-state index contributed by atoms with van der Waals surface area (Å²) in [5.41, 5.74) is 3.87. The Bertz CT molecular complexity index is 601. The molecule has 0 atom stereocenters. The second-order valence-electron chi connectivity index (χ2n) is 6.08. The zero-order valence-corrected chi connectivity index (χ0v) is 12.9. The largest absolute Gasteiger partial charge is 0.388 e. The number of rotatable bonds is 5. The monoisotopic (exact) mass is 301 g/mol.